The molecule has 0 aromatic carbocycles. The molecule has 0 atom stereocenters. The van der Waals surface area contributed by atoms with E-state index in [1.165, 1.54) is 0 Å². The Labute approximate surface area is 91.9 Å². The highest BCUT2D eigenvalue weighted by Crippen LogP contribution is 2.37. The summed E-state index contributed by atoms with van der Waals surface area (Å²) in [5.74, 6) is 0. The summed E-state index contributed by atoms with van der Waals surface area (Å²) in [7, 11) is 0. The van der Waals surface area contributed by atoms with Gasteiger partial charge in [0.05, 0.1) is 20.5 Å². The maximum Gasteiger partial charge on any atom is 0.334 e. The maximum absolute atomic E-state index is 10.8. The second-order valence-electron chi connectivity index (χ2n) is 3.01. The molecule has 3 aromatic heterocycles. The third-order valence-corrected chi connectivity index (χ3v) is 3.97. The zero-order valence-corrected chi connectivity index (χ0v) is 8.97. The Morgan fingerprint density at radius 1 is 1.40 bits per heavy atom. The van der Waals surface area contributed by atoms with E-state index in [0.29, 0.717) is 10.9 Å². The lowest BCUT2D eigenvalue weighted by atomic mass is 10.2. The van der Waals surface area contributed by atoms with Gasteiger partial charge in [-0.1, -0.05) is 11.3 Å². The van der Waals surface area contributed by atoms with Crippen LogP contribution in [0.25, 0.3) is 21.0 Å². The Kier molecular flexibility index (Phi) is 1.74. The van der Waals surface area contributed by atoms with Crippen LogP contribution in [0.5, 0.6) is 0 Å². The molecule has 0 N–H and O–H groups in total. The Hall–Kier alpha value is -1.53. The van der Waals surface area contributed by atoms with Gasteiger partial charge in [-0.25, -0.2) is 0 Å². The molecule has 3 aromatic rings. The van der Waals surface area contributed by atoms with Crippen molar-refractivity contribution < 1.29 is 4.92 Å². The molecule has 74 valence electrons. The monoisotopic (exact) mass is 236 g/mol. The number of hydrogen-bond donors (Lipinski definition) is 0. The topological polar surface area (TPSA) is 56.0 Å². The summed E-state index contributed by atoms with van der Waals surface area (Å²) in [4.78, 5) is 14.7. The lowest BCUT2D eigenvalue weighted by molar-refractivity contribution is -0.378. The highest BCUT2D eigenvalue weighted by molar-refractivity contribution is 7.18. The first-order valence-corrected chi connectivity index (χ1v) is 5.91. The van der Waals surface area contributed by atoms with Gasteiger partial charge in [-0.05, 0) is 11.4 Å². The Bertz CT molecular complexity index is 671. The zero-order chi connectivity index (χ0) is 10.4. The van der Waals surface area contributed by atoms with Gasteiger partial charge in [-0.3, -0.25) is 15.1 Å². The van der Waals surface area contributed by atoms with E-state index in [2.05, 4.69) is 4.98 Å². The predicted octanol–water partition coefficient (Wildman–Crippen LogP) is 3.42. The molecule has 3 heterocycles. The van der Waals surface area contributed by atoms with E-state index in [4.69, 9.17) is 0 Å². The third-order valence-electron chi connectivity index (χ3n) is 2.20. The first-order chi connectivity index (χ1) is 7.27. The van der Waals surface area contributed by atoms with Crippen molar-refractivity contribution >= 4 is 48.7 Å². The Morgan fingerprint density at radius 3 is 3.07 bits per heavy atom. The number of rotatable bonds is 1. The predicted molar refractivity (Wildman–Crippen MR) is 61.7 cm³/mol. The van der Waals surface area contributed by atoms with E-state index in [1.807, 2.05) is 11.4 Å². The minimum absolute atomic E-state index is 0.182. The molecule has 4 nitrogen and oxygen atoms in total. The zero-order valence-electron chi connectivity index (χ0n) is 7.34. The van der Waals surface area contributed by atoms with Gasteiger partial charge in [-0.2, -0.15) is 0 Å². The number of nitro groups is 1. The van der Waals surface area contributed by atoms with Crippen LogP contribution in [0.2, 0.25) is 0 Å². The van der Waals surface area contributed by atoms with E-state index in [-0.39, 0.29) is 9.92 Å². The molecular formula is C9H4N2O2S2. The summed E-state index contributed by atoms with van der Waals surface area (Å²) >= 11 is 2.68. The maximum atomic E-state index is 10.8. The summed E-state index contributed by atoms with van der Waals surface area (Å²) in [6, 6.07) is 1.91. The second kappa shape index (κ2) is 2.98. The second-order valence-corrected chi connectivity index (χ2v) is 4.82. The van der Waals surface area contributed by atoms with Crippen molar-refractivity contribution in [1.82, 2.24) is 4.98 Å². The summed E-state index contributed by atoms with van der Waals surface area (Å²) in [6.07, 6.45) is 1.76. The number of hydrogen-bond acceptors (Lipinski definition) is 5. The molecule has 0 bridgehead atoms. The van der Waals surface area contributed by atoms with Crippen molar-refractivity contribution in [3.05, 3.63) is 33.1 Å². The van der Waals surface area contributed by atoms with Crippen molar-refractivity contribution in [1.29, 1.82) is 0 Å². The quantitative estimate of drug-likeness (QED) is 0.480. The van der Waals surface area contributed by atoms with Crippen LogP contribution in [0, 0.1) is 10.1 Å². The largest absolute Gasteiger partial charge is 0.334 e. The van der Waals surface area contributed by atoms with Crippen molar-refractivity contribution in [3.63, 3.8) is 0 Å². The molecule has 0 fully saturated rings. The molecule has 0 saturated heterocycles. The number of fused-ring (bicyclic) bond motifs is 3. The summed E-state index contributed by atoms with van der Waals surface area (Å²) < 4.78 is 0.990. The summed E-state index contributed by atoms with van der Waals surface area (Å²) in [6.45, 7) is 0. The van der Waals surface area contributed by atoms with Crippen LogP contribution < -0.4 is 0 Å². The van der Waals surface area contributed by atoms with Gasteiger partial charge < -0.3 is 0 Å². The van der Waals surface area contributed by atoms with Crippen LogP contribution in [-0.4, -0.2) is 9.91 Å². The molecule has 0 aliphatic carbocycles. The van der Waals surface area contributed by atoms with E-state index in [9.17, 15) is 10.1 Å². The van der Waals surface area contributed by atoms with Crippen molar-refractivity contribution in [2.24, 2.45) is 0 Å². The standard InChI is InChI=1S/C9H4N2O2S2/c12-11(13)9-8-5-1-2-14-7(5)3-10-6(8)4-15-9/h1-4H. The van der Waals surface area contributed by atoms with Crippen molar-refractivity contribution in [2.45, 2.75) is 0 Å². The molecule has 0 amide bonds. The van der Waals surface area contributed by atoms with Gasteiger partial charge in [0.25, 0.3) is 0 Å². The highest BCUT2D eigenvalue weighted by atomic mass is 32.1. The van der Waals surface area contributed by atoms with Crippen LogP contribution in [0.3, 0.4) is 0 Å². The Balaban J connectivity index is 2.57. The first-order valence-electron chi connectivity index (χ1n) is 4.15. The van der Waals surface area contributed by atoms with Gasteiger partial charge in [-0.15, -0.1) is 11.3 Å². The number of thiophene rings is 2. The molecule has 6 heteroatoms. The smallest absolute Gasteiger partial charge is 0.258 e. The van der Waals surface area contributed by atoms with Crippen LogP contribution in [0.15, 0.2) is 23.0 Å². The molecule has 0 aliphatic heterocycles. The molecule has 3 rings (SSSR count). The van der Waals surface area contributed by atoms with Crippen LogP contribution in [0.1, 0.15) is 0 Å². The fourth-order valence-corrected chi connectivity index (χ4v) is 3.16. The normalized spacial score (nSPS) is 11.2. The summed E-state index contributed by atoms with van der Waals surface area (Å²) in [5.41, 5.74) is 0.706. The number of nitrogens with zero attached hydrogens (tertiary/aromatic N) is 2. The van der Waals surface area contributed by atoms with Gasteiger partial charge >= 0.3 is 5.00 Å². The van der Waals surface area contributed by atoms with Gasteiger partial charge in [0, 0.05) is 17.0 Å². The molecular weight excluding hydrogens is 232 g/mol. The first kappa shape index (κ1) is 8.75. The van der Waals surface area contributed by atoms with Gasteiger partial charge in [0.15, 0.2) is 0 Å². The molecule has 0 radical (unpaired) electrons. The van der Waals surface area contributed by atoms with Crippen molar-refractivity contribution in [3.8, 4) is 0 Å². The van der Waals surface area contributed by atoms with E-state index >= 15 is 0 Å². The molecule has 0 saturated carbocycles. The minimum Gasteiger partial charge on any atom is -0.258 e. The lowest BCUT2D eigenvalue weighted by Crippen LogP contribution is -1.84. The number of aromatic nitrogens is 1. The molecule has 0 unspecified atom stereocenters. The lowest BCUT2D eigenvalue weighted by Gasteiger charge is -1.92. The number of pyridine rings is 1. The van der Waals surface area contributed by atoms with Crippen LogP contribution >= 0.6 is 22.7 Å². The van der Waals surface area contributed by atoms with Gasteiger partial charge in [0.1, 0.15) is 0 Å². The molecule has 0 aliphatic rings. The third kappa shape index (κ3) is 1.15. The van der Waals surface area contributed by atoms with E-state index < -0.39 is 0 Å². The molecule has 0 spiro atoms. The average Bonchev–Trinajstić information content (AvgIpc) is 2.82. The summed E-state index contributed by atoms with van der Waals surface area (Å²) in [5, 5.41) is 16.3. The van der Waals surface area contributed by atoms with Crippen LogP contribution in [0.4, 0.5) is 5.00 Å². The van der Waals surface area contributed by atoms with E-state index in [0.717, 1.165) is 21.4 Å². The average molecular weight is 236 g/mol. The fourth-order valence-electron chi connectivity index (χ4n) is 1.58. The van der Waals surface area contributed by atoms with Crippen LogP contribution in [-0.2, 0) is 0 Å². The highest BCUT2D eigenvalue weighted by Gasteiger charge is 2.18. The van der Waals surface area contributed by atoms with Gasteiger partial charge in [0.2, 0.25) is 0 Å². The Morgan fingerprint density at radius 2 is 2.27 bits per heavy atom. The molecule has 15 heavy (non-hydrogen) atoms. The minimum atomic E-state index is -0.341. The van der Waals surface area contributed by atoms with E-state index in [1.54, 1.807) is 22.9 Å². The fraction of sp³-hybridized carbons (Fsp3) is 0. The SMILES string of the molecule is O=[N+]([O-])c1scc2ncc3sccc3c12. The van der Waals surface area contributed by atoms with Crippen molar-refractivity contribution in [2.75, 3.05) is 0 Å².